The van der Waals surface area contributed by atoms with Crippen molar-refractivity contribution < 1.29 is 13.2 Å². The second-order valence-corrected chi connectivity index (χ2v) is 4.35. The molecule has 0 radical (unpaired) electrons. The third-order valence-electron chi connectivity index (χ3n) is 2.79. The van der Waals surface area contributed by atoms with E-state index in [4.69, 9.17) is 5.73 Å². The van der Waals surface area contributed by atoms with Gasteiger partial charge in [-0.1, -0.05) is 12.1 Å². The Hall–Kier alpha value is -2.24. The first-order valence-corrected chi connectivity index (χ1v) is 6.07. The Morgan fingerprint density at radius 3 is 2.30 bits per heavy atom. The number of nitrogens with two attached hydrogens (primary N) is 1. The van der Waals surface area contributed by atoms with Crippen molar-refractivity contribution in [1.29, 1.82) is 0 Å². The maximum Gasteiger partial charge on any atom is 0.417 e. The lowest BCUT2D eigenvalue weighted by Crippen LogP contribution is -2.09. The third-order valence-corrected chi connectivity index (χ3v) is 2.79. The number of hydrogen-bond acceptors (Lipinski definition) is 3. The highest BCUT2D eigenvalue weighted by Gasteiger charge is 2.30. The molecule has 0 unspecified atom stereocenters. The first kappa shape index (κ1) is 14.2. The first-order chi connectivity index (χ1) is 9.45. The average Bonchev–Trinajstić information content (AvgIpc) is 2.41. The molecule has 2 rings (SSSR count). The minimum absolute atomic E-state index is 0.424. The molecule has 106 valence electrons. The summed E-state index contributed by atoms with van der Waals surface area (Å²) in [5, 5.41) is 2.98. The van der Waals surface area contributed by atoms with Gasteiger partial charge in [0.05, 0.1) is 5.56 Å². The molecule has 1 aromatic carbocycles. The van der Waals surface area contributed by atoms with Crippen molar-refractivity contribution >= 4 is 11.5 Å². The van der Waals surface area contributed by atoms with Gasteiger partial charge in [-0.3, -0.25) is 0 Å². The molecule has 0 bridgehead atoms. The van der Waals surface area contributed by atoms with Crippen LogP contribution < -0.4 is 11.1 Å². The van der Waals surface area contributed by atoms with Crippen LogP contribution in [0.1, 0.15) is 11.1 Å². The van der Waals surface area contributed by atoms with Crippen LogP contribution in [0.15, 0.2) is 42.6 Å². The monoisotopic (exact) mass is 281 g/mol. The summed E-state index contributed by atoms with van der Waals surface area (Å²) >= 11 is 0. The number of hydrogen-bond donors (Lipinski definition) is 2. The Morgan fingerprint density at radius 2 is 1.75 bits per heavy atom. The normalized spacial score (nSPS) is 11.3. The highest BCUT2D eigenvalue weighted by molar-refractivity contribution is 5.40. The number of pyridine rings is 1. The van der Waals surface area contributed by atoms with E-state index in [1.807, 2.05) is 24.3 Å². The van der Waals surface area contributed by atoms with E-state index in [9.17, 15) is 13.2 Å². The number of halogens is 3. The van der Waals surface area contributed by atoms with Crippen LogP contribution in [0.5, 0.6) is 0 Å². The Labute approximate surface area is 114 Å². The number of rotatable bonds is 4. The Bertz CT molecular complexity index is 547. The third kappa shape index (κ3) is 3.88. The Kier molecular flexibility index (Phi) is 4.12. The maximum atomic E-state index is 12.4. The summed E-state index contributed by atoms with van der Waals surface area (Å²) in [4.78, 5) is 3.74. The number of nitrogens with zero attached hydrogens (tertiary/aromatic N) is 1. The van der Waals surface area contributed by atoms with Crippen LogP contribution in [0.2, 0.25) is 0 Å². The fourth-order valence-electron chi connectivity index (χ4n) is 1.69. The lowest BCUT2D eigenvalue weighted by molar-refractivity contribution is -0.137. The van der Waals surface area contributed by atoms with Crippen molar-refractivity contribution in [1.82, 2.24) is 4.98 Å². The van der Waals surface area contributed by atoms with E-state index < -0.39 is 11.7 Å². The van der Waals surface area contributed by atoms with Gasteiger partial charge in [0.1, 0.15) is 5.82 Å². The molecule has 3 N–H and O–H groups in total. The molecule has 1 aromatic heterocycles. The summed E-state index contributed by atoms with van der Waals surface area (Å²) in [6.45, 7) is 0.586. The summed E-state index contributed by atoms with van der Waals surface area (Å²) in [5.41, 5.74) is 6.63. The van der Waals surface area contributed by atoms with E-state index in [-0.39, 0.29) is 0 Å². The van der Waals surface area contributed by atoms with E-state index in [1.165, 1.54) is 6.07 Å². The van der Waals surface area contributed by atoms with Crippen LogP contribution in [-0.2, 0) is 12.6 Å². The largest absolute Gasteiger partial charge is 0.417 e. The molecule has 6 heteroatoms. The topological polar surface area (TPSA) is 50.9 Å². The summed E-state index contributed by atoms with van der Waals surface area (Å²) in [7, 11) is 0. The fourth-order valence-corrected chi connectivity index (χ4v) is 1.69. The summed E-state index contributed by atoms with van der Waals surface area (Å²) in [6, 6.07) is 9.79. The first-order valence-electron chi connectivity index (χ1n) is 6.07. The van der Waals surface area contributed by atoms with Crippen LogP contribution in [0.4, 0.5) is 24.7 Å². The molecule has 0 atom stereocenters. The Balaban J connectivity index is 1.87. The van der Waals surface area contributed by atoms with Crippen molar-refractivity contribution in [3.63, 3.8) is 0 Å². The highest BCUT2D eigenvalue weighted by Crippen LogP contribution is 2.28. The summed E-state index contributed by atoms with van der Waals surface area (Å²) < 4.78 is 37.1. The summed E-state index contributed by atoms with van der Waals surface area (Å²) in [6.07, 6.45) is -2.79. The number of anilines is 2. The zero-order chi connectivity index (χ0) is 14.6. The van der Waals surface area contributed by atoms with E-state index in [0.29, 0.717) is 18.1 Å². The minimum atomic E-state index is -4.35. The second-order valence-electron chi connectivity index (χ2n) is 4.35. The van der Waals surface area contributed by atoms with E-state index in [1.54, 1.807) is 0 Å². The van der Waals surface area contributed by atoms with Crippen LogP contribution in [0, 0.1) is 0 Å². The molecule has 3 nitrogen and oxygen atoms in total. The standard InChI is InChI=1S/C14H14F3N3/c15-14(16,17)11-3-6-13(20-9-11)19-8-7-10-1-4-12(18)5-2-10/h1-6,9H,7-8,18H2,(H,19,20). The molecule has 0 aliphatic rings. The number of nitrogens with one attached hydrogen (secondary N) is 1. The molecule has 2 aromatic rings. The summed E-state index contributed by atoms with van der Waals surface area (Å²) in [5.74, 6) is 0.424. The number of aromatic nitrogens is 1. The highest BCUT2D eigenvalue weighted by atomic mass is 19.4. The van der Waals surface area contributed by atoms with Gasteiger partial charge < -0.3 is 11.1 Å². The van der Waals surface area contributed by atoms with Gasteiger partial charge in [0.15, 0.2) is 0 Å². The van der Waals surface area contributed by atoms with Crippen molar-refractivity contribution in [3.8, 4) is 0 Å². The van der Waals surface area contributed by atoms with Crippen LogP contribution in [0.25, 0.3) is 0 Å². The van der Waals surface area contributed by atoms with Crippen molar-refractivity contribution in [2.75, 3.05) is 17.6 Å². The molecule has 0 saturated heterocycles. The Morgan fingerprint density at radius 1 is 1.05 bits per heavy atom. The van der Waals surface area contributed by atoms with Crippen LogP contribution in [-0.4, -0.2) is 11.5 Å². The molecule has 0 fully saturated rings. The van der Waals surface area contributed by atoms with Gasteiger partial charge in [0.25, 0.3) is 0 Å². The molecule has 0 amide bonds. The smallest absolute Gasteiger partial charge is 0.399 e. The number of alkyl halides is 3. The molecular weight excluding hydrogens is 267 g/mol. The molecule has 20 heavy (non-hydrogen) atoms. The zero-order valence-corrected chi connectivity index (χ0v) is 10.6. The average molecular weight is 281 g/mol. The van der Waals surface area contributed by atoms with E-state index in [2.05, 4.69) is 10.3 Å². The van der Waals surface area contributed by atoms with Gasteiger partial charge >= 0.3 is 6.18 Å². The van der Waals surface area contributed by atoms with Gasteiger partial charge in [-0.25, -0.2) is 4.98 Å². The zero-order valence-electron chi connectivity index (χ0n) is 10.6. The fraction of sp³-hybridized carbons (Fsp3) is 0.214. The quantitative estimate of drug-likeness (QED) is 0.845. The van der Waals surface area contributed by atoms with Crippen molar-refractivity contribution in [2.24, 2.45) is 0 Å². The van der Waals surface area contributed by atoms with Gasteiger partial charge in [-0.05, 0) is 36.2 Å². The SMILES string of the molecule is Nc1ccc(CCNc2ccc(C(F)(F)F)cn2)cc1. The predicted molar refractivity (Wildman–Crippen MR) is 72.3 cm³/mol. The lowest BCUT2D eigenvalue weighted by Gasteiger charge is -2.08. The molecule has 0 saturated carbocycles. The molecule has 1 heterocycles. The maximum absolute atomic E-state index is 12.4. The van der Waals surface area contributed by atoms with Gasteiger partial charge in [0.2, 0.25) is 0 Å². The van der Waals surface area contributed by atoms with E-state index >= 15 is 0 Å². The van der Waals surface area contributed by atoms with Gasteiger partial charge in [-0.15, -0.1) is 0 Å². The lowest BCUT2D eigenvalue weighted by atomic mass is 10.1. The predicted octanol–water partition coefficient (Wildman–Crippen LogP) is 3.34. The molecule has 0 aliphatic carbocycles. The van der Waals surface area contributed by atoms with E-state index in [0.717, 1.165) is 24.2 Å². The minimum Gasteiger partial charge on any atom is -0.399 e. The molecule has 0 spiro atoms. The van der Waals surface area contributed by atoms with Crippen molar-refractivity contribution in [2.45, 2.75) is 12.6 Å². The van der Waals surface area contributed by atoms with Gasteiger partial charge in [0, 0.05) is 18.4 Å². The number of benzene rings is 1. The molecule has 0 aliphatic heterocycles. The molecular formula is C14H14F3N3. The van der Waals surface area contributed by atoms with Crippen LogP contribution >= 0.6 is 0 Å². The number of nitrogen functional groups attached to an aromatic ring is 1. The van der Waals surface area contributed by atoms with Crippen molar-refractivity contribution in [3.05, 3.63) is 53.7 Å². The van der Waals surface area contributed by atoms with Gasteiger partial charge in [-0.2, -0.15) is 13.2 Å². The van der Waals surface area contributed by atoms with Crippen LogP contribution in [0.3, 0.4) is 0 Å². The second kappa shape index (κ2) is 5.81.